The van der Waals surface area contributed by atoms with E-state index in [-0.39, 0.29) is 10.3 Å². The molecule has 3 heteroatoms. The molecule has 0 aromatic heterocycles. The van der Waals surface area contributed by atoms with Crippen LogP contribution in [-0.4, -0.2) is 18.8 Å². The molecule has 0 radical (unpaired) electrons. The fourth-order valence-corrected chi connectivity index (χ4v) is 1.82. The molecule has 17 heavy (non-hydrogen) atoms. The average molecular weight is 241 g/mol. The Kier molecular flexibility index (Phi) is 8.42. The van der Waals surface area contributed by atoms with Gasteiger partial charge in [0.25, 0.3) is 0 Å². The second kappa shape index (κ2) is 8.99. The van der Waals surface area contributed by atoms with Gasteiger partial charge in [0, 0.05) is 32.9 Å². The minimum absolute atomic E-state index is 0. The highest BCUT2D eigenvalue weighted by molar-refractivity contribution is 5.64. The van der Waals surface area contributed by atoms with Crippen LogP contribution in [0.15, 0.2) is 29.0 Å². The fourth-order valence-electron chi connectivity index (χ4n) is 1.82. The number of hydrogen-bond acceptors (Lipinski definition) is 3. The summed E-state index contributed by atoms with van der Waals surface area (Å²) in [4.78, 5) is 4.09. The smallest absolute Gasteiger partial charge is 0.0461 e. The Bertz CT molecular complexity index is 282. The van der Waals surface area contributed by atoms with Crippen LogP contribution in [0.25, 0.3) is 0 Å². The molecular weight excluding hydrogens is 210 g/mol. The summed E-state index contributed by atoms with van der Waals surface area (Å²) in [6, 6.07) is 0.388. The van der Waals surface area contributed by atoms with E-state index in [1.54, 1.807) is 0 Å². The van der Waals surface area contributed by atoms with Gasteiger partial charge in [-0.25, -0.2) is 0 Å². The lowest BCUT2D eigenvalue weighted by Gasteiger charge is -2.22. The molecule has 1 saturated heterocycles. The van der Waals surface area contributed by atoms with E-state index in [0.29, 0.717) is 6.04 Å². The van der Waals surface area contributed by atoms with Gasteiger partial charge in [-0.3, -0.25) is 4.99 Å². The normalized spacial score (nSPS) is 21.9. The molecule has 0 bridgehead atoms. The zero-order chi connectivity index (χ0) is 11.8. The van der Waals surface area contributed by atoms with E-state index < -0.39 is 0 Å². The van der Waals surface area contributed by atoms with E-state index in [1.807, 2.05) is 6.21 Å². The Morgan fingerprint density at radius 2 is 2.41 bits per heavy atom. The van der Waals surface area contributed by atoms with Crippen LogP contribution in [0.1, 0.15) is 49.3 Å². The Balaban J connectivity index is -0.000000237. The van der Waals surface area contributed by atoms with E-state index in [0.717, 1.165) is 31.5 Å². The van der Waals surface area contributed by atoms with Crippen LogP contribution >= 0.6 is 0 Å². The molecule has 0 saturated carbocycles. The van der Waals surface area contributed by atoms with Crippen molar-refractivity contribution in [3.8, 4) is 0 Å². The van der Waals surface area contributed by atoms with Gasteiger partial charge in [0.1, 0.15) is 0 Å². The minimum atomic E-state index is 0. The lowest BCUT2D eigenvalue weighted by molar-refractivity contribution is 0.438. The first-order chi connectivity index (χ1) is 7.74. The molecule has 2 heterocycles. The number of nitrogens with two attached hydrogens (primary N) is 1. The first kappa shape index (κ1) is 15.9. The molecule has 2 rings (SSSR count). The maximum atomic E-state index is 5.51. The number of piperidine rings is 1. The molecule has 0 aromatic carbocycles. The van der Waals surface area contributed by atoms with E-state index in [9.17, 15) is 0 Å². The fraction of sp³-hybridized carbons (Fsp3) is 0.643. The molecule has 2 aliphatic rings. The van der Waals surface area contributed by atoms with Crippen molar-refractivity contribution in [1.82, 2.24) is 5.32 Å². The first-order valence-electron chi connectivity index (χ1n) is 6.13. The van der Waals surface area contributed by atoms with Crippen LogP contribution in [0.2, 0.25) is 0 Å². The van der Waals surface area contributed by atoms with Crippen molar-refractivity contribution < 1.29 is 2.85 Å². The van der Waals surface area contributed by atoms with Gasteiger partial charge in [-0.15, -0.1) is 0 Å². The van der Waals surface area contributed by atoms with E-state index >= 15 is 0 Å². The molecular formula is C14H31N3. The van der Waals surface area contributed by atoms with Crippen molar-refractivity contribution in [2.24, 2.45) is 10.7 Å². The largest absolute Gasteiger partial charge is 0.401 e. The minimum Gasteiger partial charge on any atom is -0.401 e. The van der Waals surface area contributed by atoms with Gasteiger partial charge in [-0.2, -0.15) is 0 Å². The lowest BCUT2D eigenvalue weighted by Crippen LogP contribution is -2.37. The van der Waals surface area contributed by atoms with Crippen LogP contribution in [0.4, 0.5) is 0 Å². The van der Waals surface area contributed by atoms with Gasteiger partial charge in [0.2, 0.25) is 0 Å². The highest BCUT2D eigenvalue weighted by Gasteiger charge is 2.12. The topological polar surface area (TPSA) is 50.4 Å². The van der Waals surface area contributed by atoms with E-state index in [2.05, 4.69) is 29.9 Å². The predicted octanol–water partition coefficient (Wildman–Crippen LogP) is 3.48. The summed E-state index contributed by atoms with van der Waals surface area (Å²) in [5.41, 5.74) is 7.53. The molecule has 2 aliphatic heterocycles. The van der Waals surface area contributed by atoms with Gasteiger partial charge < -0.3 is 11.1 Å². The van der Waals surface area contributed by atoms with Crippen molar-refractivity contribution in [2.45, 2.75) is 52.5 Å². The van der Waals surface area contributed by atoms with Gasteiger partial charge in [0.15, 0.2) is 0 Å². The third-order valence-electron chi connectivity index (χ3n) is 2.84. The van der Waals surface area contributed by atoms with Gasteiger partial charge in [-0.1, -0.05) is 33.4 Å². The quantitative estimate of drug-likeness (QED) is 0.777. The highest BCUT2D eigenvalue weighted by Crippen LogP contribution is 2.09. The van der Waals surface area contributed by atoms with Crippen molar-refractivity contribution in [3.05, 3.63) is 24.0 Å². The molecule has 0 amide bonds. The molecule has 1 atom stereocenters. The number of hydrogen-bond donors (Lipinski definition) is 2. The summed E-state index contributed by atoms with van der Waals surface area (Å²) in [6.45, 7) is 6.91. The molecule has 3 nitrogen and oxygen atoms in total. The molecule has 0 spiro atoms. The monoisotopic (exact) mass is 241 g/mol. The standard InChI is InChI=1S/C7H14N2.C6H9N.CH4.2H2/c1-6(8)7-4-2-3-5-9-7;1-2-6-4-3-5-7-6;;;/h7,9H,1-5,8H2;4-5H,2-3H2,1H3;1H4;2*1H. The average Bonchev–Trinajstić information content (AvgIpc) is 2.84. The third-order valence-corrected chi connectivity index (χ3v) is 2.84. The molecule has 0 aromatic rings. The number of nitrogens with zero attached hydrogens (tertiary/aromatic N) is 1. The lowest BCUT2D eigenvalue weighted by atomic mass is 10.0. The highest BCUT2D eigenvalue weighted by atomic mass is 14.9. The Labute approximate surface area is 109 Å². The molecule has 0 aliphatic carbocycles. The van der Waals surface area contributed by atoms with Crippen molar-refractivity contribution in [3.63, 3.8) is 0 Å². The zero-order valence-electron chi connectivity index (χ0n) is 10.2. The summed E-state index contributed by atoms with van der Waals surface area (Å²) >= 11 is 0. The number of aliphatic imine (C=N–C) groups is 1. The zero-order valence-corrected chi connectivity index (χ0v) is 10.2. The van der Waals surface area contributed by atoms with E-state index in [1.165, 1.54) is 18.5 Å². The molecule has 1 fully saturated rings. The van der Waals surface area contributed by atoms with Crippen LogP contribution in [-0.2, 0) is 0 Å². The Morgan fingerprint density at radius 3 is 2.71 bits per heavy atom. The summed E-state index contributed by atoms with van der Waals surface area (Å²) in [5.74, 6) is 0. The summed E-state index contributed by atoms with van der Waals surface area (Å²) in [5, 5.41) is 3.29. The van der Waals surface area contributed by atoms with Gasteiger partial charge in [-0.05, 0) is 25.8 Å². The maximum Gasteiger partial charge on any atom is 0.0461 e. The van der Waals surface area contributed by atoms with Crippen LogP contribution in [0.3, 0.4) is 0 Å². The second-order valence-electron chi connectivity index (χ2n) is 4.17. The number of allylic oxidation sites excluding steroid dienone is 2. The van der Waals surface area contributed by atoms with Gasteiger partial charge >= 0.3 is 0 Å². The number of nitrogens with one attached hydrogen (secondary N) is 1. The van der Waals surface area contributed by atoms with Crippen LogP contribution < -0.4 is 11.1 Å². The maximum absolute atomic E-state index is 5.51. The van der Waals surface area contributed by atoms with Crippen molar-refractivity contribution >= 4 is 6.21 Å². The predicted molar refractivity (Wildman–Crippen MR) is 81.4 cm³/mol. The van der Waals surface area contributed by atoms with Gasteiger partial charge in [0.05, 0.1) is 0 Å². The van der Waals surface area contributed by atoms with Crippen molar-refractivity contribution in [1.29, 1.82) is 0 Å². The first-order valence-corrected chi connectivity index (χ1v) is 6.13. The third kappa shape index (κ3) is 6.27. The SMILES string of the molecule is C.C=C(N)C1CCCCN1.CCC1=CCC=N1.[HH].[HH]. The molecule has 1 unspecified atom stereocenters. The number of rotatable bonds is 2. The summed E-state index contributed by atoms with van der Waals surface area (Å²) < 4.78 is 0. The second-order valence-corrected chi connectivity index (χ2v) is 4.17. The summed E-state index contributed by atoms with van der Waals surface area (Å²) in [6.07, 6.45) is 9.95. The Hall–Kier alpha value is -1.09. The summed E-state index contributed by atoms with van der Waals surface area (Å²) in [7, 11) is 0. The Morgan fingerprint density at radius 1 is 1.65 bits per heavy atom. The van der Waals surface area contributed by atoms with Crippen LogP contribution in [0, 0.1) is 0 Å². The molecule has 102 valence electrons. The van der Waals surface area contributed by atoms with E-state index in [4.69, 9.17) is 5.73 Å². The van der Waals surface area contributed by atoms with Crippen LogP contribution in [0.5, 0.6) is 0 Å². The molecule has 3 N–H and O–H groups in total. The van der Waals surface area contributed by atoms with Crippen molar-refractivity contribution in [2.75, 3.05) is 6.54 Å².